The van der Waals surface area contributed by atoms with Crippen molar-refractivity contribution < 1.29 is 14.6 Å². The number of pyridine rings is 1. The largest absolute Gasteiger partial charge is 0.478 e. The van der Waals surface area contributed by atoms with Gasteiger partial charge in [0.1, 0.15) is 17.2 Å². The van der Waals surface area contributed by atoms with Crippen molar-refractivity contribution in [3.05, 3.63) is 21.8 Å². The predicted octanol–water partition coefficient (Wildman–Crippen LogP) is 2.45. The molecule has 0 aliphatic heterocycles. The molecule has 1 aromatic heterocycles. The first-order valence-electron chi connectivity index (χ1n) is 4.78. The standard InChI is InChI=1S/C10H12Cl2N2O3.ClH/c1-14(2)3-4-17-9-8(12)7(10(15)16)6(11)5-13-9;/h5H,3-4H2,1-2H3,(H,15,16);1H. The molecule has 0 fully saturated rings. The van der Waals surface area contributed by atoms with Crippen LogP contribution < -0.4 is 4.74 Å². The minimum Gasteiger partial charge on any atom is -0.478 e. The average molecular weight is 316 g/mol. The minimum atomic E-state index is -1.21. The van der Waals surface area contributed by atoms with Crippen LogP contribution in [-0.2, 0) is 0 Å². The minimum absolute atomic E-state index is 0. The summed E-state index contributed by atoms with van der Waals surface area (Å²) in [5, 5.41) is 8.83. The van der Waals surface area contributed by atoms with E-state index in [-0.39, 0.29) is 33.9 Å². The number of carboxylic acid groups (broad SMARTS) is 1. The van der Waals surface area contributed by atoms with Gasteiger partial charge in [-0.15, -0.1) is 12.4 Å². The van der Waals surface area contributed by atoms with Crippen LogP contribution in [0.5, 0.6) is 5.88 Å². The lowest BCUT2D eigenvalue weighted by Gasteiger charge is -2.12. The number of aromatic nitrogens is 1. The first-order chi connectivity index (χ1) is 7.93. The zero-order valence-corrected chi connectivity index (χ0v) is 12.1. The van der Waals surface area contributed by atoms with Crippen LogP contribution in [0.25, 0.3) is 0 Å². The summed E-state index contributed by atoms with van der Waals surface area (Å²) >= 11 is 11.5. The Kier molecular flexibility index (Phi) is 7.32. The molecule has 18 heavy (non-hydrogen) atoms. The van der Waals surface area contributed by atoms with E-state index in [1.54, 1.807) is 0 Å². The molecular weight excluding hydrogens is 302 g/mol. The van der Waals surface area contributed by atoms with Gasteiger partial charge in [0.05, 0.1) is 11.2 Å². The van der Waals surface area contributed by atoms with Crippen molar-refractivity contribution in [3.8, 4) is 5.88 Å². The molecule has 102 valence electrons. The van der Waals surface area contributed by atoms with Gasteiger partial charge in [0.2, 0.25) is 5.88 Å². The molecule has 0 amide bonds. The maximum atomic E-state index is 10.9. The van der Waals surface area contributed by atoms with Crippen LogP contribution in [0, 0.1) is 0 Å². The number of carboxylic acids is 1. The molecule has 1 heterocycles. The van der Waals surface area contributed by atoms with Gasteiger partial charge in [-0.2, -0.15) is 0 Å². The topological polar surface area (TPSA) is 62.7 Å². The van der Waals surface area contributed by atoms with Gasteiger partial charge in [-0.25, -0.2) is 9.78 Å². The van der Waals surface area contributed by atoms with Gasteiger partial charge in [-0.1, -0.05) is 23.2 Å². The maximum Gasteiger partial charge on any atom is 0.339 e. The highest BCUT2D eigenvalue weighted by Crippen LogP contribution is 2.30. The second kappa shape index (κ2) is 7.63. The molecule has 1 aromatic rings. The summed E-state index contributed by atoms with van der Waals surface area (Å²) in [6.07, 6.45) is 1.21. The van der Waals surface area contributed by atoms with Crippen molar-refractivity contribution >= 4 is 41.6 Å². The molecule has 8 heteroatoms. The summed E-state index contributed by atoms with van der Waals surface area (Å²) in [7, 11) is 3.78. The smallest absolute Gasteiger partial charge is 0.339 e. The lowest BCUT2D eigenvalue weighted by atomic mass is 10.2. The van der Waals surface area contributed by atoms with Gasteiger partial charge in [0, 0.05) is 6.54 Å². The van der Waals surface area contributed by atoms with Crippen LogP contribution in [0.1, 0.15) is 10.4 Å². The van der Waals surface area contributed by atoms with E-state index in [1.807, 2.05) is 19.0 Å². The fourth-order valence-corrected chi connectivity index (χ4v) is 1.63. The summed E-state index contributed by atoms with van der Waals surface area (Å²) in [6, 6.07) is 0. The van der Waals surface area contributed by atoms with E-state index in [0.29, 0.717) is 13.2 Å². The van der Waals surface area contributed by atoms with Crippen LogP contribution in [-0.4, -0.2) is 48.2 Å². The Balaban J connectivity index is 0.00000289. The van der Waals surface area contributed by atoms with E-state index >= 15 is 0 Å². The zero-order chi connectivity index (χ0) is 13.0. The monoisotopic (exact) mass is 314 g/mol. The number of aromatic carboxylic acids is 1. The van der Waals surface area contributed by atoms with Crippen molar-refractivity contribution in [1.82, 2.24) is 9.88 Å². The van der Waals surface area contributed by atoms with Gasteiger partial charge >= 0.3 is 5.97 Å². The highest BCUT2D eigenvalue weighted by molar-refractivity contribution is 6.39. The van der Waals surface area contributed by atoms with Crippen LogP contribution >= 0.6 is 35.6 Å². The van der Waals surface area contributed by atoms with Gasteiger partial charge < -0.3 is 14.7 Å². The molecule has 5 nitrogen and oxygen atoms in total. The highest BCUT2D eigenvalue weighted by Gasteiger charge is 2.19. The van der Waals surface area contributed by atoms with Crippen LogP contribution in [0.4, 0.5) is 0 Å². The quantitative estimate of drug-likeness (QED) is 0.904. The Morgan fingerprint density at radius 3 is 2.61 bits per heavy atom. The van der Waals surface area contributed by atoms with E-state index in [1.165, 1.54) is 6.20 Å². The molecule has 0 atom stereocenters. The summed E-state index contributed by atoms with van der Waals surface area (Å²) in [6.45, 7) is 1.03. The number of hydrogen-bond acceptors (Lipinski definition) is 4. The third kappa shape index (κ3) is 4.49. The predicted molar refractivity (Wildman–Crippen MR) is 72.5 cm³/mol. The third-order valence-corrected chi connectivity index (χ3v) is 2.57. The lowest BCUT2D eigenvalue weighted by molar-refractivity contribution is 0.0696. The molecule has 1 rings (SSSR count). The number of halogens is 3. The average Bonchev–Trinajstić information content (AvgIpc) is 2.20. The summed E-state index contributed by atoms with van der Waals surface area (Å²) in [5.41, 5.74) is -0.191. The number of hydrogen-bond donors (Lipinski definition) is 1. The number of nitrogens with zero attached hydrogens (tertiary/aromatic N) is 2. The van der Waals surface area contributed by atoms with Crippen LogP contribution in [0.3, 0.4) is 0 Å². The maximum absolute atomic E-state index is 10.9. The SMILES string of the molecule is CN(C)CCOc1ncc(Cl)c(C(=O)O)c1Cl.Cl. The van der Waals surface area contributed by atoms with Crippen LogP contribution in [0.15, 0.2) is 6.20 Å². The molecule has 0 unspecified atom stereocenters. The molecule has 0 aliphatic carbocycles. The molecule has 0 saturated heterocycles. The number of carbonyl (C=O) groups is 1. The molecule has 0 spiro atoms. The van der Waals surface area contributed by atoms with E-state index in [2.05, 4.69) is 4.98 Å². The second-order valence-electron chi connectivity index (χ2n) is 3.56. The Morgan fingerprint density at radius 1 is 1.50 bits per heavy atom. The van der Waals surface area contributed by atoms with Crippen molar-refractivity contribution in [2.75, 3.05) is 27.2 Å². The molecule has 0 radical (unpaired) electrons. The lowest BCUT2D eigenvalue weighted by Crippen LogP contribution is -2.20. The Hall–Kier alpha value is -0.750. The van der Waals surface area contributed by atoms with Gasteiger partial charge in [-0.05, 0) is 14.1 Å². The van der Waals surface area contributed by atoms with Crippen molar-refractivity contribution in [2.24, 2.45) is 0 Å². The fraction of sp³-hybridized carbons (Fsp3) is 0.400. The highest BCUT2D eigenvalue weighted by atomic mass is 35.5. The molecule has 0 aromatic carbocycles. The molecular formula is C10H13Cl3N2O3. The Morgan fingerprint density at radius 2 is 2.11 bits per heavy atom. The van der Waals surface area contributed by atoms with Crippen molar-refractivity contribution in [3.63, 3.8) is 0 Å². The Labute approximate surface area is 121 Å². The number of ether oxygens (including phenoxy) is 1. The summed E-state index contributed by atoms with van der Waals surface area (Å²) < 4.78 is 5.29. The molecule has 1 N–H and O–H groups in total. The van der Waals surface area contributed by atoms with Crippen LogP contribution in [0.2, 0.25) is 10.0 Å². The second-order valence-corrected chi connectivity index (χ2v) is 4.34. The van der Waals surface area contributed by atoms with Crippen molar-refractivity contribution in [2.45, 2.75) is 0 Å². The Bertz CT molecular complexity index is 427. The van der Waals surface area contributed by atoms with Gasteiger partial charge in [0.25, 0.3) is 0 Å². The molecule has 0 bridgehead atoms. The van der Waals surface area contributed by atoms with E-state index in [4.69, 9.17) is 33.0 Å². The summed E-state index contributed by atoms with van der Waals surface area (Å²) in [5.74, 6) is -1.13. The zero-order valence-electron chi connectivity index (χ0n) is 9.81. The van der Waals surface area contributed by atoms with Gasteiger partial charge in [-0.3, -0.25) is 0 Å². The third-order valence-electron chi connectivity index (χ3n) is 1.93. The normalized spacial score (nSPS) is 10.1. The number of likely N-dealkylation sites (N-methyl/N-ethyl adjacent to an activating group) is 1. The molecule has 0 saturated carbocycles. The first kappa shape index (κ1) is 17.2. The fourth-order valence-electron chi connectivity index (χ4n) is 1.07. The van der Waals surface area contributed by atoms with Gasteiger partial charge in [0.15, 0.2) is 0 Å². The van der Waals surface area contributed by atoms with E-state index < -0.39 is 5.97 Å². The van der Waals surface area contributed by atoms with Crippen molar-refractivity contribution in [1.29, 1.82) is 0 Å². The number of rotatable bonds is 5. The molecule has 0 aliphatic rings. The van der Waals surface area contributed by atoms with E-state index in [0.717, 1.165) is 0 Å². The van der Waals surface area contributed by atoms with E-state index in [9.17, 15) is 4.79 Å². The summed E-state index contributed by atoms with van der Waals surface area (Å²) in [4.78, 5) is 16.7. The first-order valence-corrected chi connectivity index (χ1v) is 5.54.